The van der Waals surface area contributed by atoms with Crippen LogP contribution in [0.2, 0.25) is 5.15 Å². The SMILES string of the molecule is Cc1cc(Cl)nc(C(=O)Oc2ccccc2)c1. The highest BCUT2D eigenvalue weighted by Crippen LogP contribution is 2.14. The average Bonchev–Trinajstić information content (AvgIpc) is 2.29. The maximum Gasteiger partial charge on any atom is 0.362 e. The molecule has 1 aromatic heterocycles. The van der Waals surface area contributed by atoms with E-state index >= 15 is 0 Å². The molecule has 17 heavy (non-hydrogen) atoms. The van der Waals surface area contributed by atoms with Crippen LogP contribution in [0.4, 0.5) is 0 Å². The van der Waals surface area contributed by atoms with Crippen LogP contribution in [0, 0.1) is 6.92 Å². The van der Waals surface area contributed by atoms with Gasteiger partial charge in [0, 0.05) is 0 Å². The average molecular weight is 248 g/mol. The second-order valence-electron chi connectivity index (χ2n) is 3.56. The van der Waals surface area contributed by atoms with Crippen LogP contribution in [0.5, 0.6) is 5.75 Å². The first-order valence-electron chi connectivity index (χ1n) is 5.06. The lowest BCUT2D eigenvalue weighted by Gasteiger charge is -2.04. The predicted octanol–water partition coefficient (Wildman–Crippen LogP) is 3.26. The molecule has 3 nitrogen and oxygen atoms in total. The number of benzene rings is 1. The summed E-state index contributed by atoms with van der Waals surface area (Å²) in [6, 6.07) is 12.2. The summed E-state index contributed by atoms with van der Waals surface area (Å²) < 4.78 is 5.15. The lowest BCUT2D eigenvalue weighted by Crippen LogP contribution is -2.10. The van der Waals surface area contributed by atoms with Crippen LogP contribution in [-0.4, -0.2) is 11.0 Å². The van der Waals surface area contributed by atoms with Gasteiger partial charge >= 0.3 is 5.97 Å². The summed E-state index contributed by atoms with van der Waals surface area (Å²) in [5.74, 6) is -0.0290. The topological polar surface area (TPSA) is 39.2 Å². The first-order chi connectivity index (χ1) is 8.15. The van der Waals surface area contributed by atoms with E-state index in [0.29, 0.717) is 5.75 Å². The number of hydrogen-bond acceptors (Lipinski definition) is 3. The minimum atomic E-state index is -0.512. The molecule has 2 aromatic rings. The quantitative estimate of drug-likeness (QED) is 0.465. The highest BCUT2D eigenvalue weighted by molar-refractivity contribution is 6.29. The Balaban J connectivity index is 2.20. The minimum absolute atomic E-state index is 0.207. The number of aryl methyl sites for hydroxylation is 1. The van der Waals surface area contributed by atoms with Crippen molar-refractivity contribution in [1.82, 2.24) is 4.98 Å². The van der Waals surface area contributed by atoms with Gasteiger partial charge in [-0.2, -0.15) is 0 Å². The molecule has 0 fully saturated rings. The Morgan fingerprint density at radius 1 is 1.24 bits per heavy atom. The van der Waals surface area contributed by atoms with Crippen LogP contribution in [0.1, 0.15) is 16.1 Å². The highest BCUT2D eigenvalue weighted by Gasteiger charge is 2.11. The number of hydrogen-bond donors (Lipinski definition) is 0. The standard InChI is InChI=1S/C13H10ClNO2/c1-9-7-11(15-12(14)8-9)13(16)17-10-5-3-2-4-6-10/h2-8H,1H3. The van der Waals surface area contributed by atoms with E-state index in [4.69, 9.17) is 16.3 Å². The molecule has 0 bridgehead atoms. The number of pyridine rings is 1. The van der Waals surface area contributed by atoms with Crippen molar-refractivity contribution >= 4 is 17.6 Å². The van der Waals surface area contributed by atoms with Crippen molar-refractivity contribution < 1.29 is 9.53 Å². The van der Waals surface area contributed by atoms with Gasteiger partial charge < -0.3 is 4.74 Å². The molecule has 2 rings (SSSR count). The summed E-state index contributed by atoms with van der Waals surface area (Å²) in [5, 5.41) is 0.282. The van der Waals surface area contributed by atoms with Crippen molar-refractivity contribution in [2.24, 2.45) is 0 Å². The molecule has 0 aliphatic carbocycles. The number of para-hydroxylation sites is 1. The molecular formula is C13H10ClNO2. The van der Waals surface area contributed by atoms with Crippen molar-refractivity contribution in [2.45, 2.75) is 6.92 Å². The molecule has 1 heterocycles. The first-order valence-corrected chi connectivity index (χ1v) is 5.44. The highest BCUT2D eigenvalue weighted by atomic mass is 35.5. The zero-order chi connectivity index (χ0) is 12.3. The van der Waals surface area contributed by atoms with Crippen LogP contribution in [0.25, 0.3) is 0 Å². The van der Waals surface area contributed by atoms with Gasteiger partial charge in [-0.3, -0.25) is 0 Å². The number of nitrogens with zero attached hydrogens (tertiary/aromatic N) is 1. The van der Waals surface area contributed by atoms with Gasteiger partial charge in [0.05, 0.1) is 0 Å². The summed E-state index contributed by atoms with van der Waals surface area (Å²) >= 11 is 5.78. The molecule has 0 spiro atoms. The van der Waals surface area contributed by atoms with E-state index in [1.54, 1.807) is 36.4 Å². The Bertz CT molecular complexity index is 520. The number of esters is 1. The van der Waals surface area contributed by atoms with Gasteiger partial charge in [0.15, 0.2) is 5.69 Å². The summed E-state index contributed by atoms with van der Waals surface area (Å²) in [6.07, 6.45) is 0. The van der Waals surface area contributed by atoms with E-state index in [2.05, 4.69) is 4.98 Å². The van der Waals surface area contributed by atoms with Gasteiger partial charge in [-0.25, -0.2) is 9.78 Å². The van der Waals surface area contributed by atoms with Crippen molar-refractivity contribution in [3.8, 4) is 5.75 Å². The number of rotatable bonds is 2. The normalized spacial score (nSPS) is 10.0. The van der Waals surface area contributed by atoms with Crippen LogP contribution < -0.4 is 4.74 Å². The van der Waals surface area contributed by atoms with Gasteiger partial charge in [-0.15, -0.1) is 0 Å². The Hall–Kier alpha value is -1.87. The van der Waals surface area contributed by atoms with Crippen LogP contribution in [0.3, 0.4) is 0 Å². The van der Waals surface area contributed by atoms with Gasteiger partial charge in [-0.05, 0) is 36.8 Å². The fraction of sp³-hybridized carbons (Fsp3) is 0.0769. The van der Waals surface area contributed by atoms with Crippen LogP contribution in [0.15, 0.2) is 42.5 Å². The van der Waals surface area contributed by atoms with Crippen molar-refractivity contribution in [2.75, 3.05) is 0 Å². The zero-order valence-electron chi connectivity index (χ0n) is 9.18. The molecular weight excluding hydrogens is 238 g/mol. The number of ether oxygens (including phenoxy) is 1. The zero-order valence-corrected chi connectivity index (χ0v) is 9.94. The smallest absolute Gasteiger partial charge is 0.362 e. The number of carbonyl (C=O) groups is 1. The van der Waals surface area contributed by atoms with Crippen LogP contribution in [-0.2, 0) is 0 Å². The van der Waals surface area contributed by atoms with Crippen molar-refractivity contribution in [1.29, 1.82) is 0 Å². The third-order valence-electron chi connectivity index (χ3n) is 2.10. The largest absolute Gasteiger partial charge is 0.422 e. The second-order valence-corrected chi connectivity index (χ2v) is 3.94. The monoisotopic (exact) mass is 247 g/mol. The maximum atomic E-state index is 11.8. The number of aromatic nitrogens is 1. The van der Waals surface area contributed by atoms with E-state index < -0.39 is 5.97 Å². The lowest BCUT2D eigenvalue weighted by atomic mass is 10.2. The molecule has 0 amide bonds. The Morgan fingerprint density at radius 3 is 2.59 bits per heavy atom. The third-order valence-corrected chi connectivity index (χ3v) is 2.29. The maximum absolute atomic E-state index is 11.8. The molecule has 86 valence electrons. The van der Waals surface area contributed by atoms with Gasteiger partial charge in [0.25, 0.3) is 0 Å². The molecule has 0 N–H and O–H groups in total. The van der Waals surface area contributed by atoms with Gasteiger partial charge in [-0.1, -0.05) is 29.8 Å². The molecule has 0 unspecified atom stereocenters. The van der Waals surface area contributed by atoms with E-state index in [0.717, 1.165) is 5.56 Å². The summed E-state index contributed by atoms with van der Waals surface area (Å²) in [5.41, 5.74) is 1.07. The lowest BCUT2D eigenvalue weighted by molar-refractivity contribution is 0.0728. The molecule has 0 radical (unpaired) electrons. The first kappa shape index (κ1) is 11.6. The van der Waals surface area contributed by atoms with Crippen molar-refractivity contribution in [3.63, 3.8) is 0 Å². The fourth-order valence-electron chi connectivity index (χ4n) is 1.38. The van der Waals surface area contributed by atoms with Crippen molar-refractivity contribution in [3.05, 3.63) is 58.9 Å². The fourth-order valence-corrected chi connectivity index (χ4v) is 1.64. The summed E-state index contributed by atoms with van der Waals surface area (Å²) in [4.78, 5) is 15.7. The predicted molar refractivity (Wildman–Crippen MR) is 65.4 cm³/mol. The molecule has 0 saturated heterocycles. The number of carbonyl (C=O) groups excluding carboxylic acids is 1. The second kappa shape index (κ2) is 4.97. The minimum Gasteiger partial charge on any atom is -0.422 e. The van der Waals surface area contributed by atoms with E-state index in [1.165, 1.54) is 0 Å². The molecule has 0 aliphatic heterocycles. The Morgan fingerprint density at radius 2 is 1.94 bits per heavy atom. The molecule has 0 aliphatic rings. The molecule has 0 saturated carbocycles. The van der Waals surface area contributed by atoms with E-state index in [9.17, 15) is 4.79 Å². The third kappa shape index (κ3) is 3.04. The van der Waals surface area contributed by atoms with E-state index in [1.807, 2.05) is 13.0 Å². The summed E-state index contributed by atoms with van der Waals surface area (Å²) in [6.45, 7) is 1.84. The van der Waals surface area contributed by atoms with Gasteiger partial charge in [0.2, 0.25) is 0 Å². The summed E-state index contributed by atoms with van der Waals surface area (Å²) in [7, 11) is 0. The van der Waals surface area contributed by atoms with Gasteiger partial charge in [0.1, 0.15) is 10.9 Å². The number of halogens is 1. The van der Waals surface area contributed by atoms with E-state index in [-0.39, 0.29) is 10.8 Å². The molecule has 0 atom stereocenters. The molecule has 1 aromatic carbocycles. The molecule has 4 heteroatoms. The Kier molecular flexibility index (Phi) is 3.40. The van der Waals surface area contributed by atoms with Crippen LogP contribution >= 0.6 is 11.6 Å². The Labute approximate surface area is 104 Å².